The van der Waals surface area contributed by atoms with Gasteiger partial charge in [0.15, 0.2) is 11.6 Å². The molecule has 98 valence electrons. The molecule has 0 unspecified atom stereocenters. The number of carboxylic acid groups (broad SMARTS) is 1. The quantitative estimate of drug-likeness (QED) is 0.866. The molecule has 1 saturated carbocycles. The van der Waals surface area contributed by atoms with Gasteiger partial charge in [-0.2, -0.15) is 4.39 Å². The van der Waals surface area contributed by atoms with E-state index in [2.05, 4.69) is 15.9 Å². The largest absolute Gasteiger partial charge is 0.493 e. The summed E-state index contributed by atoms with van der Waals surface area (Å²) in [6.45, 7) is 0. The molecule has 0 radical (unpaired) electrons. The maximum Gasteiger partial charge on any atom is 0.304 e. The molecule has 0 heterocycles. The number of carbonyl (C=O) groups is 1. The summed E-state index contributed by atoms with van der Waals surface area (Å²) in [7, 11) is 1.24. The van der Waals surface area contributed by atoms with Gasteiger partial charge in [0.05, 0.1) is 18.0 Å². The minimum atomic E-state index is -1.08. The van der Waals surface area contributed by atoms with Crippen molar-refractivity contribution in [1.29, 1.82) is 0 Å². The summed E-state index contributed by atoms with van der Waals surface area (Å²) in [4.78, 5) is 10.8. The van der Waals surface area contributed by atoms with Crippen LogP contribution in [0.5, 0.6) is 5.75 Å². The highest BCUT2D eigenvalue weighted by Crippen LogP contribution is 2.55. The lowest BCUT2D eigenvalue weighted by molar-refractivity contribution is -0.137. The van der Waals surface area contributed by atoms with Gasteiger partial charge >= 0.3 is 5.97 Å². The topological polar surface area (TPSA) is 46.5 Å². The van der Waals surface area contributed by atoms with Crippen molar-refractivity contribution < 1.29 is 23.4 Å². The first-order chi connectivity index (χ1) is 8.41. The van der Waals surface area contributed by atoms with Crippen LogP contribution in [-0.4, -0.2) is 18.2 Å². The first kappa shape index (κ1) is 13.3. The van der Waals surface area contributed by atoms with Gasteiger partial charge in [-0.1, -0.05) is 0 Å². The molecule has 1 N–H and O–H groups in total. The molecular formula is C12H11BrF2O3. The van der Waals surface area contributed by atoms with Gasteiger partial charge < -0.3 is 9.84 Å². The maximum atomic E-state index is 13.7. The summed E-state index contributed by atoms with van der Waals surface area (Å²) < 4.78 is 32.0. The third-order valence-corrected chi connectivity index (χ3v) is 3.81. The van der Waals surface area contributed by atoms with E-state index in [4.69, 9.17) is 9.84 Å². The van der Waals surface area contributed by atoms with Gasteiger partial charge in [0.2, 0.25) is 5.82 Å². The lowest BCUT2D eigenvalue weighted by atomic mass is 9.91. The van der Waals surface area contributed by atoms with E-state index in [1.54, 1.807) is 0 Å². The van der Waals surface area contributed by atoms with Crippen LogP contribution < -0.4 is 4.74 Å². The number of halogens is 3. The van der Waals surface area contributed by atoms with Gasteiger partial charge in [0.25, 0.3) is 0 Å². The Morgan fingerprint density at radius 3 is 2.56 bits per heavy atom. The molecule has 1 aliphatic rings. The summed E-state index contributed by atoms with van der Waals surface area (Å²) >= 11 is 2.93. The minimum Gasteiger partial charge on any atom is -0.493 e. The van der Waals surface area contributed by atoms with E-state index in [1.807, 2.05) is 0 Å². The molecule has 0 spiro atoms. The monoisotopic (exact) mass is 320 g/mol. The normalized spacial score (nSPS) is 16.4. The fourth-order valence-electron chi connectivity index (χ4n) is 2.15. The summed E-state index contributed by atoms with van der Waals surface area (Å²) in [6.07, 6.45) is 1.15. The van der Waals surface area contributed by atoms with Crippen LogP contribution in [0.2, 0.25) is 0 Å². The Morgan fingerprint density at radius 1 is 1.50 bits per heavy atom. The van der Waals surface area contributed by atoms with Gasteiger partial charge in [-0.3, -0.25) is 4.79 Å². The van der Waals surface area contributed by atoms with Crippen LogP contribution in [-0.2, 0) is 10.2 Å². The Kier molecular flexibility index (Phi) is 3.31. The molecule has 6 heteroatoms. The van der Waals surface area contributed by atoms with Crippen LogP contribution in [0, 0.1) is 11.6 Å². The van der Waals surface area contributed by atoms with Crippen molar-refractivity contribution in [2.75, 3.05) is 7.11 Å². The van der Waals surface area contributed by atoms with Gasteiger partial charge in [-0.25, -0.2) is 4.39 Å². The van der Waals surface area contributed by atoms with Crippen LogP contribution in [0.3, 0.4) is 0 Å². The predicted molar refractivity (Wildman–Crippen MR) is 63.8 cm³/mol. The molecule has 0 amide bonds. The summed E-state index contributed by atoms with van der Waals surface area (Å²) in [6, 6.07) is 1.41. The summed E-state index contributed by atoms with van der Waals surface area (Å²) in [5.74, 6) is -3.27. The van der Waals surface area contributed by atoms with Crippen molar-refractivity contribution in [3.05, 3.63) is 27.7 Å². The van der Waals surface area contributed by atoms with Crippen molar-refractivity contribution in [3.63, 3.8) is 0 Å². The second-order valence-electron chi connectivity index (χ2n) is 4.42. The van der Waals surface area contributed by atoms with E-state index in [1.165, 1.54) is 13.2 Å². The van der Waals surface area contributed by atoms with Crippen molar-refractivity contribution in [2.24, 2.45) is 0 Å². The molecule has 0 bridgehead atoms. The summed E-state index contributed by atoms with van der Waals surface area (Å²) in [5, 5.41) is 8.89. The molecule has 1 aliphatic carbocycles. The zero-order chi connectivity index (χ0) is 13.5. The number of hydrogen-bond donors (Lipinski definition) is 1. The second-order valence-corrected chi connectivity index (χ2v) is 5.27. The molecular weight excluding hydrogens is 310 g/mol. The van der Waals surface area contributed by atoms with Gasteiger partial charge in [0, 0.05) is 11.0 Å². The average molecular weight is 321 g/mol. The number of hydrogen-bond acceptors (Lipinski definition) is 2. The lowest BCUT2D eigenvalue weighted by Crippen LogP contribution is -2.15. The second kappa shape index (κ2) is 4.50. The van der Waals surface area contributed by atoms with E-state index in [0.29, 0.717) is 18.4 Å². The molecule has 0 saturated heterocycles. The van der Waals surface area contributed by atoms with Gasteiger partial charge in [-0.05, 0) is 34.8 Å². The average Bonchev–Trinajstić information content (AvgIpc) is 3.05. The Morgan fingerprint density at radius 2 is 2.11 bits per heavy atom. The number of carboxylic acids is 1. The zero-order valence-electron chi connectivity index (χ0n) is 9.60. The van der Waals surface area contributed by atoms with E-state index in [9.17, 15) is 13.6 Å². The van der Waals surface area contributed by atoms with Crippen LogP contribution >= 0.6 is 15.9 Å². The summed E-state index contributed by atoms with van der Waals surface area (Å²) in [5.41, 5.74) is -0.216. The predicted octanol–water partition coefficient (Wildman–Crippen LogP) is 3.24. The standard InChI is InChI=1S/C12H11BrF2O3/c1-18-11-6(4-7(13)9(14)10(11)15)12(2-3-12)5-8(16)17/h4H,2-3,5H2,1H3,(H,16,17). The molecule has 1 fully saturated rings. The zero-order valence-corrected chi connectivity index (χ0v) is 11.2. The van der Waals surface area contributed by atoms with E-state index >= 15 is 0 Å². The van der Waals surface area contributed by atoms with Crippen LogP contribution in [0.1, 0.15) is 24.8 Å². The number of rotatable bonds is 4. The molecule has 18 heavy (non-hydrogen) atoms. The van der Waals surface area contributed by atoms with E-state index in [-0.39, 0.29) is 16.6 Å². The molecule has 2 rings (SSSR count). The highest BCUT2D eigenvalue weighted by molar-refractivity contribution is 9.10. The fraction of sp³-hybridized carbons (Fsp3) is 0.417. The van der Waals surface area contributed by atoms with E-state index in [0.717, 1.165) is 0 Å². The first-order valence-corrected chi connectivity index (χ1v) is 6.14. The number of benzene rings is 1. The van der Waals surface area contributed by atoms with Gasteiger partial charge in [0.1, 0.15) is 0 Å². The molecule has 1 aromatic rings. The molecule has 0 atom stereocenters. The Hall–Kier alpha value is -1.17. The van der Waals surface area contributed by atoms with Crippen molar-refractivity contribution in [1.82, 2.24) is 0 Å². The highest BCUT2D eigenvalue weighted by Gasteiger charge is 2.48. The third-order valence-electron chi connectivity index (χ3n) is 3.24. The van der Waals surface area contributed by atoms with Crippen LogP contribution in [0.25, 0.3) is 0 Å². The van der Waals surface area contributed by atoms with Crippen LogP contribution in [0.4, 0.5) is 8.78 Å². The number of aliphatic carboxylic acids is 1. The van der Waals surface area contributed by atoms with Crippen molar-refractivity contribution >= 4 is 21.9 Å². The highest BCUT2D eigenvalue weighted by atomic mass is 79.9. The Balaban J connectivity index is 2.54. The van der Waals surface area contributed by atoms with Crippen LogP contribution in [0.15, 0.2) is 10.5 Å². The number of ether oxygens (including phenoxy) is 1. The minimum absolute atomic E-state index is 0.0209. The van der Waals surface area contributed by atoms with Crippen molar-refractivity contribution in [3.8, 4) is 5.75 Å². The lowest BCUT2D eigenvalue weighted by Gasteiger charge is -2.18. The molecule has 1 aromatic carbocycles. The molecule has 0 aromatic heterocycles. The van der Waals surface area contributed by atoms with Gasteiger partial charge in [-0.15, -0.1) is 0 Å². The maximum absolute atomic E-state index is 13.7. The SMILES string of the molecule is COc1c(C2(CC(=O)O)CC2)cc(Br)c(F)c1F. The first-order valence-electron chi connectivity index (χ1n) is 5.35. The Bertz CT molecular complexity index is 513. The third kappa shape index (κ3) is 2.09. The van der Waals surface area contributed by atoms with Crippen molar-refractivity contribution in [2.45, 2.75) is 24.7 Å². The number of methoxy groups -OCH3 is 1. The fourth-order valence-corrected chi connectivity index (χ4v) is 2.56. The Labute approximate surface area is 111 Å². The molecule has 3 nitrogen and oxygen atoms in total. The smallest absolute Gasteiger partial charge is 0.304 e. The van der Waals surface area contributed by atoms with E-state index < -0.39 is 23.0 Å². The molecule has 0 aliphatic heterocycles.